The molecule has 0 radical (unpaired) electrons. The maximum Gasteiger partial charge on any atom is 0.276 e. The minimum atomic E-state index is -4.27. The van der Waals surface area contributed by atoms with E-state index in [1.54, 1.807) is 69.3 Å². The second-order valence-electron chi connectivity index (χ2n) is 10.6. The van der Waals surface area contributed by atoms with Gasteiger partial charge in [0.05, 0.1) is 22.7 Å². The maximum absolute atomic E-state index is 14.1. The number of hydrogen-bond acceptors (Lipinski definition) is 6. The molecular weight excluding hydrogens is 604 g/mol. The van der Waals surface area contributed by atoms with E-state index in [1.165, 1.54) is 6.07 Å². The van der Waals surface area contributed by atoms with Crippen LogP contribution in [-0.2, 0) is 26.0 Å². The molecule has 4 N–H and O–H groups in total. The van der Waals surface area contributed by atoms with Crippen LogP contribution in [0.15, 0.2) is 71.6 Å². The zero-order chi connectivity index (χ0) is 31.6. The van der Waals surface area contributed by atoms with Gasteiger partial charge in [0, 0.05) is 22.9 Å². The third kappa shape index (κ3) is 6.46. The third-order valence-electron chi connectivity index (χ3n) is 7.24. The summed E-state index contributed by atoms with van der Waals surface area (Å²) in [5.74, 6) is -1.42. The van der Waals surface area contributed by atoms with Gasteiger partial charge in [-0.1, -0.05) is 35.9 Å². The van der Waals surface area contributed by atoms with Crippen LogP contribution < -0.4 is 20.3 Å². The van der Waals surface area contributed by atoms with Gasteiger partial charge in [0.25, 0.3) is 15.9 Å². The van der Waals surface area contributed by atoms with Crippen LogP contribution in [0, 0.1) is 20.8 Å². The molecule has 0 bridgehead atoms. The average molecular weight is 635 g/mol. The summed E-state index contributed by atoms with van der Waals surface area (Å²) in [5.41, 5.74) is 4.17. The normalized spacial score (nSPS) is 14.5. The number of para-hydroxylation sites is 2. The van der Waals surface area contributed by atoms with Crippen molar-refractivity contribution in [3.8, 4) is 0 Å². The molecule has 1 aromatic heterocycles. The summed E-state index contributed by atoms with van der Waals surface area (Å²) < 4.78 is 29.2. The summed E-state index contributed by atoms with van der Waals surface area (Å²) in [6.07, 6.45) is 0.0894. The van der Waals surface area contributed by atoms with Gasteiger partial charge in [0.1, 0.15) is 6.04 Å². The lowest BCUT2D eigenvalue weighted by atomic mass is 10.1. The lowest BCUT2D eigenvalue weighted by Gasteiger charge is -2.37. The fourth-order valence-corrected chi connectivity index (χ4v) is 7.10. The second kappa shape index (κ2) is 12.5. The molecule has 13 heteroatoms. The molecule has 3 aromatic carbocycles. The highest BCUT2D eigenvalue weighted by molar-refractivity contribution is 7.93. The molecule has 0 aliphatic carbocycles. The molecule has 1 atom stereocenters. The summed E-state index contributed by atoms with van der Waals surface area (Å²) in [4.78, 5) is 38.6. The molecule has 1 unspecified atom stereocenters. The fraction of sp³-hybridized carbons (Fsp3) is 0.226. The monoisotopic (exact) mass is 634 g/mol. The highest BCUT2D eigenvalue weighted by Gasteiger charge is 2.42. The summed E-state index contributed by atoms with van der Waals surface area (Å²) in [5, 5.41) is 15.4. The van der Waals surface area contributed by atoms with Gasteiger partial charge in [-0.05, 0) is 86.3 Å². The molecule has 0 saturated heterocycles. The summed E-state index contributed by atoms with van der Waals surface area (Å²) >= 11 is 6.22. The number of sulfonamides is 1. The molecule has 1 aliphatic heterocycles. The Bertz CT molecular complexity index is 1860. The molecule has 0 saturated carbocycles. The van der Waals surface area contributed by atoms with E-state index < -0.39 is 27.9 Å². The molecule has 11 nitrogen and oxygen atoms in total. The first kappa shape index (κ1) is 30.8. The van der Waals surface area contributed by atoms with Gasteiger partial charge >= 0.3 is 0 Å². The number of rotatable bonds is 9. The Balaban J connectivity index is 1.27. The number of fused-ring (bicyclic) bond motifs is 1. The first-order valence-corrected chi connectivity index (χ1v) is 15.7. The molecule has 5 rings (SSSR count). The van der Waals surface area contributed by atoms with E-state index >= 15 is 0 Å². The summed E-state index contributed by atoms with van der Waals surface area (Å²) in [6.45, 7) is 5.40. The number of halogens is 1. The zero-order valence-corrected chi connectivity index (χ0v) is 25.8. The molecule has 0 fully saturated rings. The third-order valence-corrected chi connectivity index (χ3v) is 9.62. The number of amides is 3. The van der Waals surface area contributed by atoms with Gasteiger partial charge in [0.2, 0.25) is 11.8 Å². The van der Waals surface area contributed by atoms with Gasteiger partial charge < -0.3 is 16.0 Å². The van der Waals surface area contributed by atoms with Crippen LogP contribution in [0.25, 0.3) is 0 Å². The smallest absolute Gasteiger partial charge is 0.276 e. The number of aryl methyl sites for hydroxylation is 3. The van der Waals surface area contributed by atoms with E-state index in [4.69, 9.17) is 11.6 Å². The average Bonchev–Trinajstić information content (AvgIpc) is 3.42. The van der Waals surface area contributed by atoms with Crippen molar-refractivity contribution in [2.24, 2.45) is 0 Å². The number of carbonyl (C=O) groups is 3. The number of benzene rings is 3. The first-order valence-electron chi connectivity index (χ1n) is 13.8. The number of anilines is 3. The molecule has 0 spiro atoms. The lowest BCUT2D eigenvalue weighted by Crippen LogP contribution is -2.53. The van der Waals surface area contributed by atoms with Gasteiger partial charge in [0.15, 0.2) is 5.69 Å². The second-order valence-corrected chi connectivity index (χ2v) is 12.8. The largest absolute Gasteiger partial charge is 0.356 e. The summed E-state index contributed by atoms with van der Waals surface area (Å²) in [6, 6.07) is 17.1. The van der Waals surface area contributed by atoms with Crippen LogP contribution in [0.2, 0.25) is 5.02 Å². The SMILES string of the molecule is Cc1cc(C(=O)Nc2ccc(CCNC(=O)CC3C(=O)Nc4ccccc4N3S(=O)(=O)c3cc(C)c(Cl)cc3C)cc2)n[nH]1. The van der Waals surface area contributed by atoms with Crippen LogP contribution in [0.5, 0.6) is 0 Å². The lowest BCUT2D eigenvalue weighted by molar-refractivity contribution is -0.125. The van der Waals surface area contributed by atoms with Crippen LogP contribution in [0.3, 0.4) is 0 Å². The molecule has 2 heterocycles. The predicted molar refractivity (Wildman–Crippen MR) is 169 cm³/mol. The van der Waals surface area contributed by atoms with Crippen LogP contribution in [0.4, 0.5) is 17.1 Å². The standard InChI is InChI=1S/C31H31ClN6O5S/c1-18-15-28(19(2)14-23(18)32)44(42,43)38-26-7-5-4-6-24(26)35-31(41)27(38)17-29(39)33-13-12-21-8-10-22(11-9-21)34-30(40)25-16-20(3)36-37-25/h4-11,14-16,27H,12-13,17H2,1-3H3,(H,33,39)(H,34,40)(H,35,41)(H,36,37). The number of nitrogens with one attached hydrogen (secondary N) is 4. The van der Waals surface area contributed by atoms with Crippen LogP contribution in [0.1, 0.15) is 39.3 Å². The van der Waals surface area contributed by atoms with Crippen LogP contribution in [-0.4, -0.2) is 48.9 Å². The molecular formula is C31H31ClN6O5S. The Morgan fingerprint density at radius 2 is 1.73 bits per heavy atom. The number of aromatic nitrogens is 2. The molecule has 228 valence electrons. The number of nitrogens with zero attached hydrogens (tertiary/aromatic N) is 2. The Kier molecular flexibility index (Phi) is 8.75. The molecule has 3 amide bonds. The van der Waals surface area contributed by atoms with E-state index in [1.807, 2.05) is 12.1 Å². The van der Waals surface area contributed by atoms with Crippen molar-refractivity contribution in [2.45, 2.75) is 44.6 Å². The van der Waals surface area contributed by atoms with E-state index in [2.05, 4.69) is 26.1 Å². The van der Waals surface area contributed by atoms with Gasteiger partial charge in [-0.15, -0.1) is 0 Å². The first-order chi connectivity index (χ1) is 20.9. The van der Waals surface area contributed by atoms with Crippen molar-refractivity contribution in [1.29, 1.82) is 0 Å². The quantitative estimate of drug-likeness (QED) is 0.213. The van der Waals surface area contributed by atoms with E-state index in [0.29, 0.717) is 33.9 Å². The Morgan fingerprint density at radius 1 is 1.00 bits per heavy atom. The Labute approximate surface area is 260 Å². The van der Waals surface area contributed by atoms with Gasteiger partial charge in [-0.2, -0.15) is 5.10 Å². The van der Waals surface area contributed by atoms with Gasteiger partial charge in [-0.3, -0.25) is 23.8 Å². The van der Waals surface area contributed by atoms with Crippen molar-refractivity contribution in [1.82, 2.24) is 15.5 Å². The minimum absolute atomic E-state index is 0.00780. The molecule has 44 heavy (non-hydrogen) atoms. The number of H-pyrrole nitrogens is 1. The highest BCUT2D eigenvalue weighted by atomic mass is 35.5. The number of aromatic amines is 1. The van der Waals surface area contributed by atoms with Crippen molar-refractivity contribution in [3.05, 3.63) is 99.8 Å². The fourth-order valence-electron chi connectivity index (χ4n) is 4.95. The topological polar surface area (TPSA) is 153 Å². The molecule has 1 aliphatic rings. The molecule has 4 aromatic rings. The Hall–Kier alpha value is -4.68. The van der Waals surface area contributed by atoms with Crippen molar-refractivity contribution >= 4 is 56.4 Å². The van der Waals surface area contributed by atoms with E-state index in [0.717, 1.165) is 15.6 Å². The maximum atomic E-state index is 14.1. The van der Waals surface area contributed by atoms with E-state index in [-0.39, 0.29) is 35.1 Å². The zero-order valence-electron chi connectivity index (χ0n) is 24.3. The van der Waals surface area contributed by atoms with Crippen molar-refractivity contribution < 1.29 is 22.8 Å². The minimum Gasteiger partial charge on any atom is -0.356 e. The van der Waals surface area contributed by atoms with E-state index in [9.17, 15) is 22.8 Å². The highest BCUT2D eigenvalue weighted by Crippen LogP contribution is 2.38. The summed E-state index contributed by atoms with van der Waals surface area (Å²) in [7, 11) is -4.27. The number of hydrogen-bond donors (Lipinski definition) is 4. The Morgan fingerprint density at radius 3 is 2.43 bits per heavy atom. The van der Waals surface area contributed by atoms with Crippen LogP contribution >= 0.6 is 11.6 Å². The van der Waals surface area contributed by atoms with Gasteiger partial charge in [-0.25, -0.2) is 8.42 Å². The number of carbonyl (C=O) groups excluding carboxylic acids is 3. The predicted octanol–water partition coefficient (Wildman–Crippen LogP) is 4.51. The van der Waals surface area contributed by atoms with Crippen molar-refractivity contribution in [3.63, 3.8) is 0 Å². The van der Waals surface area contributed by atoms with Crippen molar-refractivity contribution in [2.75, 3.05) is 21.5 Å².